The number of sulfonamides is 1. The van der Waals surface area contributed by atoms with E-state index in [9.17, 15) is 13.2 Å². The van der Waals surface area contributed by atoms with Gasteiger partial charge < -0.3 is 11.1 Å². The van der Waals surface area contributed by atoms with E-state index in [0.29, 0.717) is 5.69 Å². The van der Waals surface area contributed by atoms with Gasteiger partial charge in [0, 0.05) is 24.7 Å². The van der Waals surface area contributed by atoms with Crippen LogP contribution in [0, 0.1) is 0 Å². The summed E-state index contributed by atoms with van der Waals surface area (Å²) in [6.45, 7) is 3.87. The van der Waals surface area contributed by atoms with Gasteiger partial charge in [-0.15, -0.1) is 12.4 Å². The normalized spacial score (nSPS) is 11.4. The van der Waals surface area contributed by atoms with Crippen LogP contribution >= 0.6 is 12.4 Å². The first-order valence-electron chi connectivity index (χ1n) is 7.82. The predicted octanol–water partition coefficient (Wildman–Crippen LogP) is 2.40. The Kier molecular flexibility index (Phi) is 7.20. The number of carbonyl (C=O) groups excluding carboxylic acids is 1. The van der Waals surface area contributed by atoms with Crippen molar-refractivity contribution in [2.75, 3.05) is 17.9 Å². The minimum absolute atomic E-state index is 0. The molecule has 26 heavy (non-hydrogen) atoms. The third-order valence-electron chi connectivity index (χ3n) is 3.58. The van der Waals surface area contributed by atoms with Crippen molar-refractivity contribution < 1.29 is 13.2 Å². The molecule has 142 valence electrons. The van der Waals surface area contributed by atoms with E-state index < -0.39 is 15.6 Å². The summed E-state index contributed by atoms with van der Waals surface area (Å²) in [5, 5.41) is 2.71. The molecule has 0 spiro atoms. The number of hydrogen-bond donors (Lipinski definition) is 2. The van der Waals surface area contributed by atoms with Crippen molar-refractivity contribution in [2.45, 2.75) is 24.3 Å². The van der Waals surface area contributed by atoms with E-state index in [1.165, 1.54) is 23.5 Å². The van der Waals surface area contributed by atoms with Crippen LogP contribution in [0.15, 0.2) is 59.5 Å². The Hall–Kier alpha value is -2.09. The predicted molar refractivity (Wildman–Crippen MR) is 106 cm³/mol. The average Bonchev–Trinajstić information content (AvgIpc) is 2.59. The van der Waals surface area contributed by atoms with Gasteiger partial charge in [0.15, 0.2) is 0 Å². The van der Waals surface area contributed by atoms with Crippen LogP contribution in [0.3, 0.4) is 0 Å². The summed E-state index contributed by atoms with van der Waals surface area (Å²) in [4.78, 5) is 12.3. The van der Waals surface area contributed by atoms with Gasteiger partial charge in [-0.25, -0.2) is 8.42 Å². The van der Waals surface area contributed by atoms with Gasteiger partial charge in [-0.1, -0.05) is 24.3 Å². The Balaban J connectivity index is 0.00000338. The highest BCUT2D eigenvalue weighted by Crippen LogP contribution is 2.22. The number of amides is 1. The molecule has 8 heteroatoms. The van der Waals surface area contributed by atoms with Gasteiger partial charge in [-0.2, -0.15) is 0 Å². The number of para-hydroxylation sites is 1. The molecule has 0 fully saturated rings. The molecule has 0 unspecified atom stereocenters. The van der Waals surface area contributed by atoms with Gasteiger partial charge in [0.1, 0.15) is 0 Å². The number of nitrogens with zero attached hydrogens (tertiary/aromatic N) is 1. The number of nitrogens with two attached hydrogens (primary N) is 1. The first kappa shape index (κ1) is 22.0. The number of carbonyl (C=O) groups is 1. The zero-order valence-electron chi connectivity index (χ0n) is 15.0. The lowest BCUT2D eigenvalue weighted by molar-refractivity contribution is 0.0946. The molecular formula is C18H24ClN3O3S. The third kappa shape index (κ3) is 5.45. The van der Waals surface area contributed by atoms with Crippen LogP contribution in [0.25, 0.3) is 0 Å². The summed E-state index contributed by atoms with van der Waals surface area (Å²) in [7, 11) is -2.28. The van der Waals surface area contributed by atoms with Gasteiger partial charge in [0.25, 0.3) is 15.9 Å². The van der Waals surface area contributed by atoms with Crippen molar-refractivity contribution >= 4 is 34.0 Å². The summed E-state index contributed by atoms with van der Waals surface area (Å²) in [5.74, 6) is -0.363. The smallest absolute Gasteiger partial charge is 0.264 e. The zero-order chi connectivity index (χ0) is 18.7. The van der Waals surface area contributed by atoms with Crippen LogP contribution in [-0.2, 0) is 10.0 Å². The lowest BCUT2D eigenvalue weighted by Gasteiger charge is -2.20. The first-order valence-corrected chi connectivity index (χ1v) is 9.26. The number of rotatable bonds is 6. The highest BCUT2D eigenvalue weighted by atomic mass is 35.5. The second-order valence-electron chi connectivity index (χ2n) is 6.51. The molecule has 0 atom stereocenters. The monoisotopic (exact) mass is 397 g/mol. The van der Waals surface area contributed by atoms with Gasteiger partial charge in [0.05, 0.1) is 10.6 Å². The maximum atomic E-state index is 12.8. The van der Waals surface area contributed by atoms with Crippen LogP contribution in [0.2, 0.25) is 0 Å². The largest absolute Gasteiger partial charge is 0.350 e. The molecule has 0 heterocycles. The van der Waals surface area contributed by atoms with E-state index in [0.717, 1.165) is 0 Å². The molecule has 2 aromatic carbocycles. The maximum Gasteiger partial charge on any atom is 0.264 e. The number of benzene rings is 2. The molecule has 0 radical (unpaired) electrons. The molecular weight excluding hydrogens is 374 g/mol. The standard InChI is InChI=1S/C18H23N3O3S.ClH/c1-18(2,19)13-20-17(22)14-8-7-11-16(12-14)25(23,24)21(3)15-9-5-4-6-10-15;/h4-12H,13,19H2,1-3H3,(H,20,22);1H. The van der Waals surface area contributed by atoms with Crippen LogP contribution < -0.4 is 15.4 Å². The fraction of sp³-hybridized carbons (Fsp3) is 0.278. The van der Waals surface area contributed by atoms with Gasteiger partial charge in [-0.05, 0) is 44.2 Å². The van der Waals surface area contributed by atoms with Crippen LogP contribution in [0.4, 0.5) is 5.69 Å². The van der Waals surface area contributed by atoms with E-state index in [-0.39, 0.29) is 35.3 Å². The Labute approximate surface area is 160 Å². The lowest BCUT2D eigenvalue weighted by Crippen LogP contribution is -2.45. The van der Waals surface area contributed by atoms with Crippen molar-refractivity contribution in [3.05, 3.63) is 60.2 Å². The van der Waals surface area contributed by atoms with Crippen LogP contribution in [0.5, 0.6) is 0 Å². The minimum atomic E-state index is -3.76. The summed E-state index contributed by atoms with van der Waals surface area (Å²) in [6, 6.07) is 14.7. The molecule has 0 aliphatic rings. The second-order valence-corrected chi connectivity index (χ2v) is 8.48. The molecule has 0 aliphatic carbocycles. The summed E-state index contributed by atoms with van der Waals surface area (Å²) < 4.78 is 26.8. The first-order chi connectivity index (χ1) is 11.6. The Bertz CT molecular complexity index is 849. The van der Waals surface area contributed by atoms with E-state index in [1.807, 2.05) is 6.07 Å². The fourth-order valence-corrected chi connectivity index (χ4v) is 3.38. The van der Waals surface area contributed by atoms with Gasteiger partial charge in [-0.3, -0.25) is 9.10 Å². The van der Waals surface area contributed by atoms with Crippen molar-refractivity contribution in [1.29, 1.82) is 0 Å². The van der Waals surface area contributed by atoms with E-state index >= 15 is 0 Å². The van der Waals surface area contributed by atoms with Crippen molar-refractivity contribution in [3.8, 4) is 0 Å². The molecule has 0 aliphatic heterocycles. The Morgan fingerprint density at radius 2 is 1.73 bits per heavy atom. The fourth-order valence-electron chi connectivity index (χ4n) is 2.14. The molecule has 0 saturated heterocycles. The second kappa shape index (κ2) is 8.53. The molecule has 1 amide bonds. The summed E-state index contributed by atoms with van der Waals surface area (Å²) in [5.41, 5.74) is 6.11. The number of halogens is 1. The lowest BCUT2D eigenvalue weighted by atomic mass is 10.1. The van der Waals surface area contributed by atoms with E-state index in [4.69, 9.17) is 5.73 Å². The highest BCUT2D eigenvalue weighted by Gasteiger charge is 2.22. The number of anilines is 1. The van der Waals surface area contributed by atoms with Crippen molar-refractivity contribution in [2.24, 2.45) is 5.73 Å². The molecule has 0 aromatic heterocycles. The average molecular weight is 398 g/mol. The zero-order valence-corrected chi connectivity index (χ0v) is 16.6. The topological polar surface area (TPSA) is 92.5 Å². The Morgan fingerprint density at radius 3 is 2.31 bits per heavy atom. The third-order valence-corrected chi connectivity index (χ3v) is 5.36. The maximum absolute atomic E-state index is 12.8. The molecule has 0 saturated carbocycles. The molecule has 6 nitrogen and oxygen atoms in total. The van der Waals surface area contributed by atoms with Crippen LogP contribution in [-0.4, -0.2) is 33.5 Å². The summed E-state index contributed by atoms with van der Waals surface area (Å²) in [6.07, 6.45) is 0. The quantitative estimate of drug-likeness (QED) is 0.782. The van der Waals surface area contributed by atoms with Gasteiger partial charge in [0.2, 0.25) is 0 Å². The number of nitrogens with one attached hydrogen (secondary N) is 1. The summed E-state index contributed by atoms with van der Waals surface area (Å²) >= 11 is 0. The highest BCUT2D eigenvalue weighted by molar-refractivity contribution is 7.92. The molecule has 0 bridgehead atoms. The van der Waals surface area contributed by atoms with Gasteiger partial charge >= 0.3 is 0 Å². The Morgan fingerprint density at radius 1 is 1.12 bits per heavy atom. The van der Waals surface area contributed by atoms with Crippen molar-refractivity contribution in [1.82, 2.24) is 5.32 Å². The molecule has 2 rings (SSSR count). The molecule has 2 aromatic rings. The molecule has 3 N–H and O–H groups in total. The SMILES string of the molecule is CN(c1ccccc1)S(=O)(=O)c1cccc(C(=O)NCC(C)(C)N)c1.Cl. The number of hydrogen-bond acceptors (Lipinski definition) is 4. The minimum Gasteiger partial charge on any atom is -0.350 e. The van der Waals surface area contributed by atoms with Crippen molar-refractivity contribution in [3.63, 3.8) is 0 Å². The van der Waals surface area contributed by atoms with E-state index in [1.54, 1.807) is 50.2 Å². The van der Waals surface area contributed by atoms with Crippen LogP contribution in [0.1, 0.15) is 24.2 Å². The van der Waals surface area contributed by atoms with E-state index in [2.05, 4.69) is 5.32 Å².